The minimum Gasteiger partial charge on any atom is -0.336 e. The van der Waals surface area contributed by atoms with Crippen molar-refractivity contribution in [2.45, 2.75) is 0 Å². The number of rotatable bonds is 1. The van der Waals surface area contributed by atoms with Gasteiger partial charge in [0.15, 0.2) is 12.1 Å². The topological polar surface area (TPSA) is 58.6 Å². The molecule has 0 aliphatic heterocycles. The number of nitrogens with zero attached hydrogens (tertiary/aromatic N) is 2. The Morgan fingerprint density at radius 2 is 1.57 bits per heavy atom. The minimum absolute atomic E-state index is 0.381. The van der Waals surface area contributed by atoms with Gasteiger partial charge < -0.3 is 4.98 Å². The molecule has 2 heterocycles. The first-order valence-electron chi connectivity index (χ1n) is 6.56. The number of benzene rings is 2. The molecule has 0 fully saturated rings. The van der Waals surface area contributed by atoms with Crippen molar-refractivity contribution < 1.29 is 4.79 Å². The zero-order valence-electron chi connectivity index (χ0n) is 11.2. The predicted octanol–water partition coefficient (Wildman–Crippen LogP) is 3.61. The first-order chi connectivity index (χ1) is 10.4. The highest BCUT2D eigenvalue weighted by atomic mass is 16.1. The molecule has 2 aromatic carbocycles. The maximum Gasteiger partial charge on any atom is 0.185 e. The number of fused-ring (bicyclic) bond motifs is 2. The molecule has 21 heavy (non-hydrogen) atoms. The van der Waals surface area contributed by atoms with Gasteiger partial charge in [-0.05, 0) is 24.3 Å². The number of pyridine rings is 1. The molecule has 0 saturated carbocycles. The minimum atomic E-state index is 0.381. The van der Waals surface area contributed by atoms with Gasteiger partial charge in [-0.15, -0.1) is 0 Å². The molecule has 0 unspecified atom stereocenters. The fraction of sp³-hybridized carbons (Fsp3) is 0. The molecule has 102 valence electrons. The second kappa shape index (κ2) is 5.96. The fourth-order valence-corrected chi connectivity index (χ4v) is 2.04. The third-order valence-electron chi connectivity index (χ3n) is 3.03. The molecule has 2 aromatic heterocycles. The molecule has 0 atom stereocenters. The molecule has 4 heteroatoms. The monoisotopic (exact) mass is 275 g/mol. The molecular formula is C17H13N3O. The summed E-state index contributed by atoms with van der Waals surface area (Å²) in [5.74, 6) is 0.381. The molecule has 4 nitrogen and oxygen atoms in total. The van der Waals surface area contributed by atoms with Crippen LogP contribution in [0.2, 0.25) is 0 Å². The van der Waals surface area contributed by atoms with Gasteiger partial charge in [-0.3, -0.25) is 9.78 Å². The average molecular weight is 275 g/mol. The summed E-state index contributed by atoms with van der Waals surface area (Å²) in [5, 5.41) is 1.20. The lowest BCUT2D eigenvalue weighted by Crippen LogP contribution is -1.78. The maximum absolute atomic E-state index is 10.3. The van der Waals surface area contributed by atoms with Crippen LogP contribution in [-0.4, -0.2) is 21.2 Å². The lowest BCUT2D eigenvalue weighted by Gasteiger charge is -1.91. The normalized spacial score (nSPS) is 10.1. The number of carbonyl (C=O) groups is 1. The molecule has 0 amide bonds. The van der Waals surface area contributed by atoms with Crippen molar-refractivity contribution in [3.8, 4) is 0 Å². The Bertz CT molecular complexity index is 785. The van der Waals surface area contributed by atoms with Crippen LogP contribution < -0.4 is 0 Å². The van der Waals surface area contributed by atoms with E-state index in [0.29, 0.717) is 12.1 Å². The first kappa shape index (κ1) is 13.0. The average Bonchev–Trinajstić information content (AvgIpc) is 2.99. The van der Waals surface area contributed by atoms with Crippen LogP contribution in [0.3, 0.4) is 0 Å². The Morgan fingerprint density at radius 3 is 2.33 bits per heavy atom. The second-order valence-electron chi connectivity index (χ2n) is 4.45. The number of aldehydes is 1. The highest BCUT2D eigenvalue weighted by Crippen LogP contribution is 2.09. The summed E-state index contributed by atoms with van der Waals surface area (Å²) in [7, 11) is 0. The number of imidazole rings is 1. The van der Waals surface area contributed by atoms with Gasteiger partial charge in [0.2, 0.25) is 0 Å². The molecule has 0 aliphatic rings. The van der Waals surface area contributed by atoms with E-state index in [-0.39, 0.29) is 0 Å². The first-order valence-corrected chi connectivity index (χ1v) is 6.56. The van der Waals surface area contributed by atoms with E-state index in [0.717, 1.165) is 16.6 Å². The Morgan fingerprint density at radius 1 is 0.857 bits per heavy atom. The van der Waals surface area contributed by atoms with Gasteiger partial charge in [-0.2, -0.15) is 0 Å². The number of hydrogen-bond donors (Lipinski definition) is 1. The van der Waals surface area contributed by atoms with E-state index in [1.54, 1.807) is 0 Å². The molecule has 0 radical (unpaired) electrons. The number of nitrogens with one attached hydrogen (secondary N) is 1. The summed E-state index contributed by atoms with van der Waals surface area (Å²) in [6.45, 7) is 0. The van der Waals surface area contributed by atoms with Crippen molar-refractivity contribution in [2.24, 2.45) is 0 Å². The molecule has 0 bridgehead atoms. The van der Waals surface area contributed by atoms with E-state index in [2.05, 4.69) is 27.1 Å². The summed E-state index contributed by atoms with van der Waals surface area (Å²) in [5.41, 5.74) is 2.79. The summed E-state index contributed by atoms with van der Waals surface area (Å²) >= 11 is 0. The van der Waals surface area contributed by atoms with Crippen LogP contribution in [0.5, 0.6) is 0 Å². The van der Waals surface area contributed by atoms with Crippen molar-refractivity contribution in [3.05, 3.63) is 72.7 Å². The largest absolute Gasteiger partial charge is 0.336 e. The van der Waals surface area contributed by atoms with Crippen LogP contribution in [0.1, 0.15) is 10.6 Å². The second-order valence-corrected chi connectivity index (χ2v) is 4.45. The Labute approximate surface area is 121 Å². The van der Waals surface area contributed by atoms with E-state index in [1.807, 2.05) is 54.7 Å². The number of para-hydroxylation sites is 3. The Balaban J connectivity index is 0.000000126. The third-order valence-corrected chi connectivity index (χ3v) is 3.03. The Kier molecular flexibility index (Phi) is 3.69. The summed E-state index contributed by atoms with van der Waals surface area (Å²) in [6, 6.07) is 19.6. The standard InChI is InChI=1S/C9H7N.C8H6N2O/c1-2-6-9-8(4-1)5-3-7-10-9;11-5-8-9-6-3-1-2-4-7(6)10-8/h1-7H;1-5H,(H,9,10). The number of aromatic amines is 1. The van der Waals surface area contributed by atoms with Gasteiger partial charge in [0.25, 0.3) is 0 Å². The fourth-order valence-electron chi connectivity index (χ4n) is 2.04. The van der Waals surface area contributed by atoms with Crippen LogP contribution in [0, 0.1) is 0 Å². The van der Waals surface area contributed by atoms with Crippen LogP contribution in [-0.2, 0) is 0 Å². The lowest BCUT2D eigenvalue weighted by atomic mass is 10.2. The van der Waals surface area contributed by atoms with Crippen molar-refractivity contribution in [3.63, 3.8) is 0 Å². The van der Waals surface area contributed by atoms with Crippen LogP contribution in [0.25, 0.3) is 21.9 Å². The predicted molar refractivity (Wildman–Crippen MR) is 83.2 cm³/mol. The molecule has 0 saturated heterocycles. The van der Waals surface area contributed by atoms with Crippen LogP contribution in [0.15, 0.2) is 66.9 Å². The van der Waals surface area contributed by atoms with E-state index in [9.17, 15) is 4.79 Å². The van der Waals surface area contributed by atoms with E-state index in [1.165, 1.54) is 5.39 Å². The van der Waals surface area contributed by atoms with Crippen LogP contribution >= 0.6 is 0 Å². The number of H-pyrrole nitrogens is 1. The van der Waals surface area contributed by atoms with Gasteiger partial charge in [-0.1, -0.05) is 36.4 Å². The van der Waals surface area contributed by atoms with Crippen molar-refractivity contribution in [2.75, 3.05) is 0 Å². The van der Waals surface area contributed by atoms with Crippen LogP contribution in [0.4, 0.5) is 0 Å². The summed E-state index contributed by atoms with van der Waals surface area (Å²) < 4.78 is 0. The van der Waals surface area contributed by atoms with Crippen molar-refractivity contribution in [1.82, 2.24) is 15.0 Å². The molecule has 4 aromatic rings. The van der Waals surface area contributed by atoms with Crippen molar-refractivity contribution >= 4 is 28.2 Å². The van der Waals surface area contributed by atoms with Gasteiger partial charge >= 0.3 is 0 Å². The number of aromatic nitrogens is 3. The highest BCUT2D eigenvalue weighted by Gasteiger charge is 1.97. The molecular weight excluding hydrogens is 262 g/mol. The molecule has 1 N–H and O–H groups in total. The molecule has 4 rings (SSSR count). The molecule has 0 spiro atoms. The van der Waals surface area contributed by atoms with Gasteiger partial charge in [-0.25, -0.2) is 4.98 Å². The van der Waals surface area contributed by atoms with E-state index in [4.69, 9.17) is 0 Å². The summed E-state index contributed by atoms with van der Waals surface area (Å²) in [4.78, 5) is 21.3. The lowest BCUT2D eigenvalue weighted by molar-refractivity contribution is 0.111. The van der Waals surface area contributed by atoms with E-state index < -0.39 is 0 Å². The summed E-state index contributed by atoms with van der Waals surface area (Å²) in [6.07, 6.45) is 2.52. The van der Waals surface area contributed by atoms with Gasteiger partial charge in [0.1, 0.15) is 0 Å². The zero-order chi connectivity index (χ0) is 14.5. The smallest absolute Gasteiger partial charge is 0.185 e. The number of carbonyl (C=O) groups excluding carboxylic acids is 1. The van der Waals surface area contributed by atoms with E-state index >= 15 is 0 Å². The van der Waals surface area contributed by atoms with Gasteiger partial charge in [0.05, 0.1) is 16.6 Å². The molecule has 0 aliphatic carbocycles. The van der Waals surface area contributed by atoms with Crippen molar-refractivity contribution in [1.29, 1.82) is 0 Å². The number of hydrogen-bond acceptors (Lipinski definition) is 3. The highest BCUT2D eigenvalue weighted by molar-refractivity contribution is 5.81. The quantitative estimate of drug-likeness (QED) is 0.540. The maximum atomic E-state index is 10.3. The SMILES string of the molecule is O=Cc1nc2ccccc2[nH]1.c1ccc2ncccc2c1. The third kappa shape index (κ3) is 2.95. The Hall–Kier alpha value is -3.01. The zero-order valence-corrected chi connectivity index (χ0v) is 11.2. The van der Waals surface area contributed by atoms with Gasteiger partial charge in [0, 0.05) is 11.6 Å².